The molecule has 0 saturated carbocycles. The van der Waals surface area contributed by atoms with Crippen LogP contribution >= 0.6 is 0 Å². The monoisotopic (exact) mass is 379 g/mol. The first-order valence-electron chi connectivity index (χ1n) is 8.55. The van der Waals surface area contributed by atoms with E-state index in [-0.39, 0.29) is 11.6 Å². The van der Waals surface area contributed by atoms with Gasteiger partial charge in [0.2, 0.25) is 11.8 Å². The Balaban J connectivity index is 1.95. The molecule has 1 aliphatic rings. The number of nitrogens with one attached hydrogen (secondary N) is 2. The average Bonchev–Trinajstić information content (AvgIpc) is 2.56. The highest BCUT2D eigenvalue weighted by atomic mass is 19.3. The predicted molar refractivity (Wildman–Crippen MR) is 94.5 cm³/mol. The number of benzene rings is 1. The van der Waals surface area contributed by atoms with Crippen LogP contribution in [0, 0.1) is 5.82 Å². The zero-order valence-corrected chi connectivity index (χ0v) is 14.9. The SMILES string of the molecule is CC(C)c1ccccc1C1(C(=O)Nc2cc(F)cnc2OC(F)F)CNC1. The molecule has 3 rings (SSSR count). The summed E-state index contributed by atoms with van der Waals surface area (Å²) in [6.45, 7) is 1.69. The number of rotatable bonds is 6. The lowest BCUT2D eigenvalue weighted by molar-refractivity contribution is -0.123. The molecule has 0 unspecified atom stereocenters. The highest BCUT2D eigenvalue weighted by Crippen LogP contribution is 2.36. The molecular weight excluding hydrogens is 359 g/mol. The van der Waals surface area contributed by atoms with Crippen LogP contribution in [0.2, 0.25) is 0 Å². The molecule has 0 radical (unpaired) electrons. The van der Waals surface area contributed by atoms with Crippen molar-refractivity contribution in [2.24, 2.45) is 0 Å². The van der Waals surface area contributed by atoms with Crippen molar-refractivity contribution in [3.8, 4) is 5.88 Å². The number of pyridine rings is 1. The third-order valence-corrected chi connectivity index (χ3v) is 4.65. The molecule has 1 fully saturated rings. The fourth-order valence-corrected chi connectivity index (χ4v) is 3.22. The quantitative estimate of drug-likeness (QED) is 0.807. The number of carbonyl (C=O) groups is 1. The highest BCUT2D eigenvalue weighted by molar-refractivity contribution is 6.01. The molecule has 1 saturated heterocycles. The summed E-state index contributed by atoms with van der Waals surface area (Å²) in [5.74, 6) is -1.53. The summed E-state index contributed by atoms with van der Waals surface area (Å²) in [6, 6.07) is 8.51. The molecule has 1 aromatic carbocycles. The van der Waals surface area contributed by atoms with Crippen molar-refractivity contribution < 1.29 is 22.7 Å². The van der Waals surface area contributed by atoms with Crippen LogP contribution in [0.15, 0.2) is 36.5 Å². The largest absolute Gasteiger partial charge is 0.415 e. The van der Waals surface area contributed by atoms with Gasteiger partial charge in [0, 0.05) is 19.2 Å². The van der Waals surface area contributed by atoms with E-state index < -0.39 is 29.6 Å². The van der Waals surface area contributed by atoms with Gasteiger partial charge in [0.15, 0.2) is 0 Å². The van der Waals surface area contributed by atoms with Gasteiger partial charge in [-0.15, -0.1) is 0 Å². The average molecular weight is 379 g/mol. The minimum absolute atomic E-state index is 0.194. The Hall–Kier alpha value is -2.61. The minimum Gasteiger partial charge on any atom is -0.415 e. The maximum Gasteiger partial charge on any atom is 0.388 e. The van der Waals surface area contributed by atoms with Gasteiger partial charge in [-0.2, -0.15) is 8.78 Å². The molecule has 1 amide bonds. The van der Waals surface area contributed by atoms with Gasteiger partial charge in [0.25, 0.3) is 0 Å². The molecule has 27 heavy (non-hydrogen) atoms. The molecule has 1 aromatic heterocycles. The van der Waals surface area contributed by atoms with Crippen LogP contribution in [0.3, 0.4) is 0 Å². The van der Waals surface area contributed by atoms with Crippen molar-refractivity contribution >= 4 is 11.6 Å². The molecule has 2 heterocycles. The van der Waals surface area contributed by atoms with E-state index in [1.54, 1.807) is 0 Å². The van der Waals surface area contributed by atoms with Crippen LogP contribution < -0.4 is 15.4 Å². The number of hydrogen-bond donors (Lipinski definition) is 2. The molecular formula is C19H20F3N3O2. The van der Waals surface area contributed by atoms with Gasteiger partial charge < -0.3 is 15.4 Å². The summed E-state index contributed by atoms with van der Waals surface area (Å²) in [7, 11) is 0. The second kappa shape index (κ2) is 7.56. The maximum absolute atomic E-state index is 13.6. The summed E-state index contributed by atoms with van der Waals surface area (Å²) < 4.78 is 43.0. The van der Waals surface area contributed by atoms with Crippen LogP contribution in [0.4, 0.5) is 18.9 Å². The van der Waals surface area contributed by atoms with Gasteiger partial charge in [0.1, 0.15) is 11.5 Å². The Bertz CT molecular complexity index is 839. The topological polar surface area (TPSA) is 63.2 Å². The Morgan fingerprint density at radius 1 is 1.30 bits per heavy atom. The Labute approximate surface area is 154 Å². The van der Waals surface area contributed by atoms with Crippen molar-refractivity contribution in [2.45, 2.75) is 31.8 Å². The number of amides is 1. The van der Waals surface area contributed by atoms with E-state index in [0.29, 0.717) is 13.1 Å². The molecule has 0 atom stereocenters. The molecule has 5 nitrogen and oxygen atoms in total. The van der Waals surface area contributed by atoms with Crippen molar-refractivity contribution in [3.63, 3.8) is 0 Å². The van der Waals surface area contributed by atoms with E-state index in [0.717, 1.165) is 23.4 Å². The third kappa shape index (κ3) is 3.75. The van der Waals surface area contributed by atoms with Crippen LogP contribution in [0.1, 0.15) is 30.9 Å². The summed E-state index contributed by atoms with van der Waals surface area (Å²) in [5.41, 5.74) is 0.774. The first-order valence-corrected chi connectivity index (χ1v) is 8.55. The highest BCUT2D eigenvalue weighted by Gasteiger charge is 2.47. The lowest BCUT2D eigenvalue weighted by Gasteiger charge is -2.43. The van der Waals surface area contributed by atoms with Crippen molar-refractivity contribution in [3.05, 3.63) is 53.5 Å². The smallest absolute Gasteiger partial charge is 0.388 e. The van der Waals surface area contributed by atoms with Crippen molar-refractivity contribution in [1.82, 2.24) is 10.3 Å². The van der Waals surface area contributed by atoms with Crippen molar-refractivity contribution in [2.75, 3.05) is 18.4 Å². The number of aromatic nitrogens is 1. The predicted octanol–water partition coefficient (Wildman–Crippen LogP) is 3.43. The molecule has 2 N–H and O–H groups in total. The molecule has 144 valence electrons. The van der Waals surface area contributed by atoms with Crippen LogP contribution in [-0.2, 0) is 10.2 Å². The Morgan fingerprint density at radius 3 is 2.59 bits per heavy atom. The summed E-state index contributed by atoms with van der Waals surface area (Å²) in [4.78, 5) is 16.6. The summed E-state index contributed by atoms with van der Waals surface area (Å²) in [6.07, 6.45) is 0.752. The minimum atomic E-state index is -3.14. The number of ether oxygens (including phenoxy) is 1. The molecule has 2 aromatic rings. The molecule has 0 bridgehead atoms. The van der Waals surface area contributed by atoms with Gasteiger partial charge in [-0.05, 0) is 17.0 Å². The number of carbonyl (C=O) groups excluding carboxylic acids is 1. The number of hydrogen-bond acceptors (Lipinski definition) is 4. The second-order valence-corrected chi connectivity index (χ2v) is 6.77. The number of anilines is 1. The summed E-state index contributed by atoms with van der Waals surface area (Å²) in [5, 5.41) is 5.61. The van der Waals surface area contributed by atoms with Gasteiger partial charge in [-0.25, -0.2) is 9.37 Å². The second-order valence-electron chi connectivity index (χ2n) is 6.77. The van der Waals surface area contributed by atoms with E-state index in [9.17, 15) is 18.0 Å². The van der Waals surface area contributed by atoms with Crippen LogP contribution in [0.5, 0.6) is 5.88 Å². The van der Waals surface area contributed by atoms with Crippen LogP contribution in [-0.4, -0.2) is 30.6 Å². The standard InChI is InChI=1S/C19H20F3N3O2/c1-11(2)13-5-3-4-6-14(13)19(9-23-10-19)17(26)25-15-7-12(20)8-24-16(15)27-18(21)22/h3-8,11,18,23H,9-10H2,1-2H3,(H,25,26). The molecule has 0 aliphatic carbocycles. The lowest BCUT2D eigenvalue weighted by Crippen LogP contribution is -2.63. The van der Waals surface area contributed by atoms with E-state index in [2.05, 4.69) is 20.4 Å². The fourth-order valence-electron chi connectivity index (χ4n) is 3.22. The lowest BCUT2D eigenvalue weighted by atomic mass is 9.71. The van der Waals surface area contributed by atoms with E-state index >= 15 is 0 Å². The van der Waals surface area contributed by atoms with Gasteiger partial charge in [-0.1, -0.05) is 38.1 Å². The molecule has 8 heteroatoms. The Kier molecular flexibility index (Phi) is 5.36. The number of halogens is 3. The number of nitrogens with zero attached hydrogens (tertiary/aromatic N) is 1. The third-order valence-electron chi connectivity index (χ3n) is 4.65. The molecule has 1 aliphatic heterocycles. The summed E-state index contributed by atoms with van der Waals surface area (Å²) >= 11 is 0. The van der Waals surface area contributed by atoms with Gasteiger partial charge in [-0.3, -0.25) is 4.79 Å². The van der Waals surface area contributed by atoms with E-state index in [1.165, 1.54) is 0 Å². The maximum atomic E-state index is 13.6. The van der Waals surface area contributed by atoms with Gasteiger partial charge >= 0.3 is 6.61 Å². The van der Waals surface area contributed by atoms with Gasteiger partial charge in [0.05, 0.1) is 11.6 Å². The number of alkyl halides is 2. The first-order chi connectivity index (χ1) is 12.8. The first kappa shape index (κ1) is 19.2. The normalized spacial score (nSPS) is 15.5. The fraction of sp³-hybridized carbons (Fsp3) is 0.368. The molecule has 0 spiro atoms. The van der Waals surface area contributed by atoms with Crippen molar-refractivity contribution in [1.29, 1.82) is 0 Å². The van der Waals surface area contributed by atoms with Crippen LogP contribution in [0.25, 0.3) is 0 Å². The van der Waals surface area contributed by atoms with E-state index in [4.69, 9.17) is 0 Å². The zero-order chi connectivity index (χ0) is 19.6. The Morgan fingerprint density at radius 2 is 2.00 bits per heavy atom. The van der Waals surface area contributed by atoms with E-state index in [1.807, 2.05) is 38.1 Å². The zero-order valence-electron chi connectivity index (χ0n) is 14.9.